The van der Waals surface area contributed by atoms with Gasteiger partial charge in [-0.15, -0.1) is 0 Å². The van der Waals surface area contributed by atoms with Crippen LogP contribution in [0.25, 0.3) is 0 Å². The molecule has 0 rings (SSSR count). The Balaban J connectivity index is -0.000000498. The molecule has 0 heteroatoms. The third-order valence-corrected chi connectivity index (χ3v) is 6.68. The van der Waals surface area contributed by atoms with Gasteiger partial charge in [0.2, 0.25) is 0 Å². The maximum absolute atomic E-state index is 4.09. The third-order valence-electron chi connectivity index (χ3n) is 6.68. The highest BCUT2D eigenvalue weighted by atomic mass is 14.3. The number of hydrogen-bond acceptors (Lipinski definition) is 0. The van der Waals surface area contributed by atoms with Crippen molar-refractivity contribution in [3.63, 3.8) is 0 Å². The van der Waals surface area contributed by atoms with E-state index in [1.165, 1.54) is 55.2 Å². The lowest BCUT2D eigenvalue weighted by molar-refractivity contribution is 0.210. The molecule has 0 bridgehead atoms. The minimum atomic E-state index is 0.346. The van der Waals surface area contributed by atoms with Crippen molar-refractivity contribution in [2.24, 2.45) is 32.5 Å². The van der Waals surface area contributed by atoms with Crippen LogP contribution in [0.4, 0.5) is 0 Å². The molecule has 0 atom stereocenters. The average molecular weight is 547 g/mol. The van der Waals surface area contributed by atoms with Crippen molar-refractivity contribution in [2.45, 2.75) is 183 Å². The summed E-state index contributed by atoms with van der Waals surface area (Å²) in [6.07, 6.45) is 13.1. The topological polar surface area (TPSA) is 0 Å². The van der Waals surface area contributed by atoms with E-state index in [2.05, 4.69) is 157 Å². The second kappa shape index (κ2) is 17.2. The second-order valence-corrected chi connectivity index (χ2v) is 18.5. The van der Waals surface area contributed by atoms with Gasteiger partial charge in [0.15, 0.2) is 0 Å². The zero-order chi connectivity index (χ0) is 32.1. The molecular formula is C39H78. The van der Waals surface area contributed by atoms with Crippen molar-refractivity contribution in [1.29, 1.82) is 0 Å². The van der Waals surface area contributed by atoms with Crippen molar-refractivity contribution >= 4 is 0 Å². The molecule has 0 N–H and O–H groups in total. The van der Waals surface area contributed by atoms with Crippen molar-refractivity contribution in [3.05, 3.63) is 35.5 Å². The van der Waals surface area contributed by atoms with Gasteiger partial charge in [-0.2, -0.15) is 0 Å². The molecule has 0 spiro atoms. The molecule has 234 valence electrons. The summed E-state index contributed by atoms with van der Waals surface area (Å²) < 4.78 is 0. The summed E-state index contributed by atoms with van der Waals surface area (Å²) in [5.74, 6) is 0. The van der Waals surface area contributed by atoms with Crippen molar-refractivity contribution in [1.82, 2.24) is 0 Å². The number of rotatable bonds is 10. The second-order valence-electron chi connectivity index (χ2n) is 18.5. The molecular weight excluding hydrogens is 468 g/mol. The van der Waals surface area contributed by atoms with E-state index in [0.29, 0.717) is 32.5 Å². The highest BCUT2D eigenvalue weighted by Crippen LogP contribution is 2.39. The summed E-state index contributed by atoms with van der Waals surface area (Å²) in [6.45, 7) is 50.0. The van der Waals surface area contributed by atoms with E-state index in [4.69, 9.17) is 0 Å². The van der Waals surface area contributed by atoms with Crippen LogP contribution in [0.3, 0.4) is 0 Å². The summed E-state index contributed by atoms with van der Waals surface area (Å²) in [5, 5.41) is 0. The van der Waals surface area contributed by atoms with Gasteiger partial charge in [-0.25, -0.2) is 0 Å². The molecule has 0 fully saturated rings. The van der Waals surface area contributed by atoms with E-state index in [0.717, 1.165) is 6.42 Å². The van der Waals surface area contributed by atoms with Gasteiger partial charge in [0.05, 0.1) is 0 Å². The number of allylic oxidation sites excluding steroid dienone is 5. The van der Waals surface area contributed by atoms with Crippen LogP contribution in [0.2, 0.25) is 0 Å². The number of hydrogen-bond donors (Lipinski definition) is 0. The Labute approximate surface area is 251 Å². The molecule has 0 aromatic rings. The van der Waals surface area contributed by atoms with Crippen LogP contribution in [-0.4, -0.2) is 0 Å². The van der Waals surface area contributed by atoms with Gasteiger partial charge in [0, 0.05) is 0 Å². The van der Waals surface area contributed by atoms with Crippen LogP contribution in [0, 0.1) is 32.5 Å². The minimum absolute atomic E-state index is 0.346. The Morgan fingerprint density at radius 2 is 0.897 bits per heavy atom. The molecule has 0 nitrogen and oxygen atoms in total. The lowest BCUT2D eigenvalue weighted by Crippen LogP contribution is -2.21. The highest BCUT2D eigenvalue weighted by Gasteiger charge is 2.26. The Kier molecular flexibility index (Phi) is 18.9. The SMILES string of the molecule is C=C(CC)CC(C)(C)CC(C)(C)C.CC/C(C)=C/C(C)(C)CC(C)(C)C.CC=C(C)CC(C)(C)CC(C)(C)C. The predicted molar refractivity (Wildman–Crippen MR) is 186 cm³/mol. The fourth-order valence-corrected chi connectivity index (χ4v) is 6.84. The zero-order valence-corrected chi connectivity index (χ0v) is 31.3. The van der Waals surface area contributed by atoms with Gasteiger partial charge in [-0.1, -0.05) is 153 Å². The summed E-state index contributed by atoms with van der Waals surface area (Å²) >= 11 is 0. The van der Waals surface area contributed by atoms with Crippen LogP contribution in [-0.2, 0) is 0 Å². The first-order valence-corrected chi connectivity index (χ1v) is 16.0. The standard InChI is InChI=1S/3C13H26/c3*1-8-11(2)9-13(6,7)10-12(3,4)5/h9H,8,10H2,1-7H3;8H,9-10H2,1-7H3;2,8-10H2,1,3-7H3/b11-9+;;. The first kappa shape index (κ1) is 42.7. The smallest absolute Gasteiger partial charge is 0.0167 e. The summed E-state index contributed by atoms with van der Waals surface area (Å²) in [5.41, 5.74) is 6.89. The molecule has 0 amide bonds. The quantitative estimate of drug-likeness (QED) is 0.239. The summed E-state index contributed by atoms with van der Waals surface area (Å²) in [7, 11) is 0. The largest absolute Gasteiger partial charge is 0.0999 e. The molecule has 0 radical (unpaired) electrons. The fourth-order valence-electron chi connectivity index (χ4n) is 6.84. The van der Waals surface area contributed by atoms with E-state index in [1.54, 1.807) is 0 Å². The molecule has 0 aromatic heterocycles. The Morgan fingerprint density at radius 1 is 0.538 bits per heavy atom. The third kappa shape index (κ3) is 31.6. The summed E-state index contributed by atoms with van der Waals surface area (Å²) in [4.78, 5) is 0. The van der Waals surface area contributed by atoms with Crippen LogP contribution in [0.15, 0.2) is 35.5 Å². The molecule has 0 aliphatic carbocycles. The van der Waals surface area contributed by atoms with Gasteiger partial charge < -0.3 is 0 Å². The molecule has 0 aromatic carbocycles. The molecule has 0 aliphatic rings. The van der Waals surface area contributed by atoms with Gasteiger partial charge in [0.25, 0.3) is 0 Å². The fraction of sp³-hybridized carbons (Fsp3) is 0.846. The first-order chi connectivity index (χ1) is 17.0. The average Bonchev–Trinajstić information content (AvgIpc) is 2.61. The molecule has 0 heterocycles. The van der Waals surface area contributed by atoms with Crippen LogP contribution in [0.5, 0.6) is 0 Å². The molecule has 0 saturated heterocycles. The molecule has 0 unspecified atom stereocenters. The predicted octanol–water partition coefficient (Wildman–Crippen LogP) is 14.4. The Morgan fingerprint density at radius 3 is 1.18 bits per heavy atom. The molecule has 0 aliphatic heterocycles. The maximum atomic E-state index is 4.09. The van der Waals surface area contributed by atoms with Crippen molar-refractivity contribution in [3.8, 4) is 0 Å². The molecule has 0 saturated carbocycles. The van der Waals surface area contributed by atoms with Gasteiger partial charge >= 0.3 is 0 Å². The monoisotopic (exact) mass is 547 g/mol. The van der Waals surface area contributed by atoms with E-state index in [9.17, 15) is 0 Å². The van der Waals surface area contributed by atoms with Crippen LogP contribution >= 0.6 is 0 Å². The van der Waals surface area contributed by atoms with Crippen LogP contribution < -0.4 is 0 Å². The van der Waals surface area contributed by atoms with Gasteiger partial charge in [-0.3, -0.25) is 0 Å². The van der Waals surface area contributed by atoms with Crippen molar-refractivity contribution < 1.29 is 0 Å². The summed E-state index contributed by atoms with van der Waals surface area (Å²) in [6, 6.07) is 0. The molecule has 39 heavy (non-hydrogen) atoms. The van der Waals surface area contributed by atoms with Gasteiger partial charge in [-0.05, 0) is 98.2 Å². The van der Waals surface area contributed by atoms with E-state index in [1.807, 2.05) is 0 Å². The van der Waals surface area contributed by atoms with E-state index in [-0.39, 0.29) is 0 Å². The lowest BCUT2D eigenvalue weighted by atomic mass is 9.73. The first-order valence-electron chi connectivity index (χ1n) is 16.0. The highest BCUT2D eigenvalue weighted by molar-refractivity contribution is 5.05. The van der Waals surface area contributed by atoms with Crippen LogP contribution in [0.1, 0.15) is 183 Å². The Hall–Kier alpha value is -0.780. The van der Waals surface area contributed by atoms with E-state index < -0.39 is 0 Å². The Bertz CT molecular complexity index is 726. The zero-order valence-electron chi connectivity index (χ0n) is 31.3. The lowest BCUT2D eigenvalue weighted by Gasteiger charge is -2.33. The minimum Gasteiger partial charge on any atom is -0.0999 e. The maximum Gasteiger partial charge on any atom is -0.0167 e. The van der Waals surface area contributed by atoms with Gasteiger partial charge in [0.1, 0.15) is 0 Å². The normalized spacial score (nSPS) is 14.3. The van der Waals surface area contributed by atoms with E-state index >= 15 is 0 Å². The van der Waals surface area contributed by atoms with Crippen molar-refractivity contribution in [2.75, 3.05) is 0 Å².